The third-order valence-corrected chi connectivity index (χ3v) is 10.1. The summed E-state index contributed by atoms with van der Waals surface area (Å²) in [6, 6.07) is -1.17. The summed E-state index contributed by atoms with van der Waals surface area (Å²) in [6.45, 7) is 12.5. The Kier molecular flexibility index (Phi) is 9.42. The minimum atomic E-state index is -4.03. The first-order valence-corrected chi connectivity index (χ1v) is 16.5. The third-order valence-electron chi connectivity index (χ3n) is 8.54. The molecule has 41 heavy (non-hydrogen) atoms. The highest BCUT2D eigenvalue weighted by Crippen LogP contribution is 2.46. The maximum atomic E-state index is 13.7. The van der Waals surface area contributed by atoms with Gasteiger partial charge in [0.15, 0.2) is 0 Å². The zero-order valence-corrected chi connectivity index (χ0v) is 25.7. The van der Waals surface area contributed by atoms with Crippen LogP contribution in [0.5, 0.6) is 0 Å². The first-order valence-electron chi connectivity index (χ1n) is 15.0. The predicted octanol–water partition coefficient (Wildman–Crippen LogP) is 3.10. The molecule has 1 saturated carbocycles. The molecule has 230 valence electrons. The van der Waals surface area contributed by atoms with E-state index >= 15 is 0 Å². The van der Waals surface area contributed by atoms with E-state index in [1.54, 1.807) is 20.8 Å². The van der Waals surface area contributed by atoms with Crippen LogP contribution in [0.25, 0.3) is 0 Å². The number of hydrogen-bond acceptors (Lipinski definition) is 7. The number of rotatable bonds is 4. The van der Waals surface area contributed by atoms with Crippen molar-refractivity contribution in [3.05, 3.63) is 24.4 Å². The Morgan fingerprint density at radius 1 is 1.10 bits per heavy atom. The number of carbonyl (C=O) groups excluding carboxylic acids is 3. The Balaban J connectivity index is 1.54. The minimum Gasteiger partial charge on any atom is -0.444 e. The smallest absolute Gasteiger partial charge is 0.408 e. The molecule has 1 unspecified atom stereocenters. The van der Waals surface area contributed by atoms with E-state index in [0.717, 1.165) is 44.9 Å². The first-order chi connectivity index (χ1) is 19.2. The van der Waals surface area contributed by atoms with Crippen molar-refractivity contribution in [2.75, 3.05) is 13.1 Å². The maximum Gasteiger partial charge on any atom is 0.408 e. The Labute approximate surface area is 244 Å². The van der Waals surface area contributed by atoms with Gasteiger partial charge in [0.05, 0.1) is 6.04 Å². The number of nitrogens with zero attached hydrogens (tertiary/aromatic N) is 2. The van der Waals surface area contributed by atoms with Crippen LogP contribution in [-0.4, -0.2) is 77.9 Å². The summed E-state index contributed by atoms with van der Waals surface area (Å²) in [6.07, 6.45) is 10.7. The average Bonchev–Trinajstić information content (AvgIpc) is 3.19. The number of hydrogen-bond donors (Lipinski definition) is 3. The highest BCUT2D eigenvalue weighted by Gasteiger charge is 2.61. The zero-order valence-electron chi connectivity index (χ0n) is 24.9. The highest BCUT2D eigenvalue weighted by atomic mass is 32.2. The molecule has 0 aromatic rings. The Morgan fingerprint density at radius 2 is 1.83 bits per heavy atom. The molecule has 3 aliphatic heterocycles. The molecule has 3 heterocycles. The maximum absolute atomic E-state index is 13.7. The lowest BCUT2D eigenvalue weighted by Crippen LogP contribution is -2.58. The van der Waals surface area contributed by atoms with E-state index in [2.05, 4.69) is 21.9 Å². The summed E-state index contributed by atoms with van der Waals surface area (Å²) in [5.74, 6) is -1.33. The van der Waals surface area contributed by atoms with Crippen molar-refractivity contribution in [3.63, 3.8) is 0 Å². The molecule has 0 aromatic heterocycles. The summed E-state index contributed by atoms with van der Waals surface area (Å²) < 4.78 is 35.2. The van der Waals surface area contributed by atoms with E-state index in [1.165, 1.54) is 4.31 Å². The van der Waals surface area contributed by atoms with E-state index < -0.39 is 45.4 Å². The van der Waals surface area contributed by atoms with Gasteiger partial charge in [0.2, 0.25) is 5.91 Å². The van der Waals surface area contributed by atoms with Gasteiger partial charge < -0.3 is 20.3 Å². The van der Waals surface area contributed by atoms with Gasteiger partial charge in [-0.2, -0.15) is 12.7 Å². The number of alkyl carbamates (subject to hydrolysis) is 1. The fourth-order valence-electron chi connectivity index (χ4n) is 6.22. The first kappa shape index (κ1) is 31.3. The van der Waals surface area contributed by atoms with Gasteiger partial charge in [-0.05, 0) is 79.1 Å². The molecule has 3 amide bonds. The Bertz CT molecular complexity index is 1160. The van der Waals surface area contributed by atoms with Crippen molar-refractivity contribution >= 4 is 28.1 Å². The molecule has 1 aliphatic carbocycles. The molecule has 2 saturated heterocycles. The summed E-state index contributed by atoms with van der Waals surface area (Å²) in [5, 5.41) is 5.92. The minimum absolute atomic E-state index is 0.185. The van der Waals surface area contributed by atoms with Gasteiger partial charge in [0, 0.05) is 30.7 Å². The Morgan fingerprint density at radius 3 is 2.51 bits per heavy atom. The van der Waals surface area contributed by atoms with Crippen LogP contribution >= 0.6 is 0 Å². The highest BCUT2D eigenvalue weighted by molar-refractivity contribution is 7.87. The van der Waals surface area contributed by atoms with Crippen LogP contribution in [0.2, 0.25) is 0 Å². The van der Waals surface area contributed by atoms with Crippen LogP contribution in [0.1, 0.15) is 91.9 Å². The number of carbonyl (C=O) groups is 3. The lowest BCUT2D eigenvalue weighted by atomic mass is 10.0. The van der Waals surface area contributed by atoms with Crippen LogP contribution in [0.15, 0.2) is 24.4 Å². The number of fused-ring (bicyclic) bond motifs is 2. The second kappa shape index (κ2) is 12.3. The van der Waals surface area contributed by atoms with Crippen molar-refractivity contribution in [2.24, 2.45) is 5.92 Å². The number of allylic oxidation sites excluding steroid dienone is 1. The predicted molar refractivity (Wildman–Crippen MR) is 156 cm³/mol. The van der Waals surface area contributed by atoms with Gasteiger partial charge >= 0.3 is 16.3 Å². The average molecular weight is 594 g/mol. The van der Waals surface area contributed by atoms with Crippen LogP contribution in [-0.2, 0) is 24.5 Å². The molecular formula is C29H47N5O6S. The van der Waals surface area contributed by atoms with E-state index in [9.17, 15) is 22.8 Å². The largest absolute Gasteiger partial charge is 0.444 e. The lowest BCUT2D eigenvalue weighted by molar-refractivity contribution is -0.131. The fraction of sp³-hybridized carbons (Fsp3) is 0.759. The second-order valence-corrected chi connectivity index (χ2v) is 14.5. The molecule has 3 N–H and O–H groups in total. The van der Waals surface area contributed by atoms with Gasteiger partial charge in [0.1, 0.15) is 17.2 Å². The normalized spacial score (nSPS) is 32.5. The second-order valence-electron chi connectivity index (χ2n) is 12.9. The zero-order chi connectivity index (χ0) is 30.0. The van der Waals surface area contributed by atoms with Crippen molar-refractivity contribution in [1.82, 2.24) is 24.6 Å². The van der Waals surface area contributed by atoms with Crippen LogP contribution in [0.4, 0.5) is 4.79 Å². The summed E-state index contributed by atoms with van der Waals surface area (Å²) in [4.78, 5) is 41.9. The van der Waals surface area contributed by atoms with Gasteiger partial charge in [-0.3, -0.25) is 9.59 Å². The molecule has 12 heteroatoms. The van der Waals surface area contributed by atoms with Gasteiger partial charge in [-0.1, -0.05) is 31.6 Å². The lowest BCUT2D eigenvalue weighted by Gasteiger charge is -2.34. The van der Waals surface area contributed by atoms with E-state index in [1.807, 2.05) is 24.0 Å². The summed E-state index contributed by atoms with van der Waals surface area (Å²) in [7, 11) is -4.03. The van der Waals surface area contributed by atoms with Crippen molar-refractivity contribution in [3.8, 4) is 0 Å². The van der Waals surface area contributed by atoms with E-state index in [-0.39, 0.29) is 17.9 Å². The number of nitrogens with one attached hydrogen (secondary N) is 3. The molecule has 0 bridgehead atoms. The molecule has 3 fully saturated rings. The number of amides is 3. The van der Waals surface area contributed by atoms with Crippen molar-refractivity contribution < 1.29 is 27.5 Å². The topological polar surface area (TPSA) is 137 Å². The fourth-order valence-corrected chi connectivity index (χ4v) is 7.70. The van der Waals surface area contributed by atoms with Gasteiger partial charge in [0.25, 0.3) is 5.91 Å². The molecule has 5 atom stereocenters. The standard InChI is InChI=1S/C29H47N5O6S/c1-20-13-11-18-34(20)41(38,39)32-26(36)29-19-22(29)14-9-7-6-8-10-15-23(30-27(37)40-28(3,4)5)21(2)33-17-12-16-24(33)25(35)31-29/h9,14,20,22-24H,2,6-8,10-13,15-19H2,1,3-5H3,(H,30,37)(H,31,35)(H,32,36)/b14-9-/t20?,22-,23+,24+,29-/m1/s1. The van der Waals surface area contributed by atoms with E-state index in [0.29, 0.717) is 38.0 Å². The quantitative estimate of drug-likeness (QED) is 0.426. The van der Waals surface area contributed by atoms with Crippen molar-refractivity contribution in [2.45, 2.75) is 121 Å². The Hall–Kier alpha value is -2.60. The van der Waals surface area contributed by atoms with Gasteiger partial charge in [-0.15, -0.1) is 0 Å². The molecule has 0 radical (unpaired) electrons. The number of ether oxygens (including phenoxy) is 1. The molecular weight excluding hydrogens is 546 g/mol. The molecule has 4 aliphatic rings. The molecule has 0 spiro atoms. The van der Waals surface area contributed by atoms with Crippen molar-refractivity contribution in [1.29, 1.82) is 0 Å². The van der Waals surface area contributed by atoms with Crippen LogP contribution in [0, 0.1) is 5.92 Å². The summed E-state index contributed by atoms with van der Waals surface area (Å²) >= 11 is 0. The molecule has 4 rings (SSSR count). The monoisotopic (exact) mass is 593 g/mol. The third kappa shape index (κ3) is 7.43. The van der Waals surface area contributed by atoms with E-state index in [4.69, 9.17) is 4.74 Å². The van der Waals surface area contributed by atoms with Crippen LogP contribution < -0.4 is 15.4 Å². The summed E-state index contributed by atoms with van der Waals surface area (Å²) in [5.41, 5.74) is -1.34. The SMILES string of the molecule is C=C1[C@@H](NC(=O)OC(C)(C)C)CCCCC/C=C\[C@@H]2C[C@@]2(C(=O)NS(=O)(=O)N2CCCC2C)NC(=O)[C@@H]2CCCN12. The van der Waals surface area contributed by atoms with Gasteiger partial charge in [-0.25, -0.2) is 9.52 Å². The molecule has 11 nitrogen and oxygen atoms in total. The molecule has 0 aromatic carbocycles. The van der Waals surface area contributed by atoms with Crippen LogP contribution in [0.3, 0.4) is 0 Å².